The van der Waals surface area contributed by atoms with E-state index in [1.807, 2.05) is 24.3 Å². The van der Waals surface area contributed by atoms with Crippen molar-refractivity contribution in [2.45, 2.75) is 16.6 Å². The number of nitrogens with zero attached hydrogens (tertiary/aromatic N) is 1. The molecule has 150 valence electrons. The molecule has 0 atom stereocenters. The summed E-state index contributed by atoms with van der Waals surface area (Å²) in [5.74, 6) is -0.431. The Kier molecular flexibility index (Phi) is 6.43. The Morgan fingerprint density at radius 3 is 2.68 bits per heavy atom. The van der Waals surface area contributed by atoms with Gasteiger partial charge < -0.3 is 19.4 Å². The van der Waals surface area contributed by atoms with Gasteiger partial charge in [-0.2, -0.15) is 0 Å². The predicted molar refractivity (Wildman–Crippen MR) is 110 cm³/mol. The minimum atomic E-state index is -1.67. The lowest BCUT2D eigenvalue weighted by atomic mass is 10.0. The maximum absolute atomic E-state index is 12.4. The Bertz CT molecular complexity index is 918. The molecule has 1 aliphatic heterocycles. The van der Waals surface area contributed by atoms with E-state index in [9.17, 15) is 9.59 Å². The van der Waals surface area contributed by atoms with Crippen LogP contribution in [0.15, 0.2) is 30.3 Å². The lowest BCUT2D eigenvalue weighted by Crippen LogP contribution is -2.35. The van der Waals surface area contributed by atoms with Crippen molar-refractivity contribution in [1.29, 1.82) is 0 Å². The maximum atomic E-state index is 12.4. The summed E-state index contributed by atoms with van der Waals surface area (Å²) < 4.78 is 8.39. The van der Waals surface area contributed by atoms with Crippen molar-refractivity contribution in [3.63, 3.8) is 0 Å². The standard InChI is InChI=1S/C19H19Cl3N2O4/c1-27-17(25)14-6-4-9-24(18(26)28-11-19(20,21)22)10-8-13-12-5-2-3-7-15(12)23-16(13)14/h2-3,5-7,23H,4,8-11H2,1H3/b14-6+. The van der Waals surface area contributed by atoms with E-state index in [-0.39, 0.29) is 6.61 Å². The van der Waals surface area contributed by atoms with Crippen molar-refractivity contribution in [2.75, 3.05) is 26.8 Å². The molecule has 9 heteroatoms. The molecule has 0 spiro atoms. The number of carbonyl (C=O) groups is 2. The molecule has 0 radical (unpaired) electrons. The molecule has 0 fully saturated rings. The van der Waals surface area contributed by atoms with Crippen LogP contribution in [0.4, 0.5) is 4.79 Å². The second-order valence-electron chi connectivity index (χ2n) is 6.33. The summed E-state index contributed by atoms with van der Waals surface area (Å²) in [4.78, 5) is 29.6. The van der Waals surface area contributed by atoms with Crippen LogP contribution in [-0.2, 0) is 20.7 Å². The lowest BCUT2D eigenvalue weighted by Gasteiger charge is -2.22. The fraction of sp³-hybridized carbons (Fsp3) is 0.368. The number of esters is 1. The molecule has 1 aromatic heterocycles. The molecule has 2 heterocycles. The fourth-order valence-corrected chi connectivity index (χ4v) is 3.39. The van der Waals surface area contributed by atoms with E-state index in [0.717, 1.165) is 16.5 Å². The van der Waals surface area contributed by atoms with Gasteiger partial charge in [0.1, 0.15) is 6.61 Å². The van der Waals surface area contributed by atoms with Gasteiger partial charge in [-0.15, -0.1) is 0 Å². The number of ether oxygens (including phenoxy) is 2. The van der Waals surface area contributed by atoms with Crippen LogP contribution in [0.5, 0.6) is 0 Å². The number of amides is 1. The number of para-hydroxylation sites is 1. The van der Waals surface area contributed by atoms with E-state index in [1.54, 1.807) is 11.0 Å². The van der Waals surface area contributed by atoms with Gasteiger partial charge in [0, 0.05) is 24.0 Å². The van der Waals surface area contributed by atoms with Crippen LogP contribution in [0.3, 0.4) is 0 Å². The molecule has 1 amide bonds. The first-order valence-corrected chi connectivity index (χ1v) is 9.80. The molecule has 1 N–H and O–H groups in total. The highest BCUT2D eigenvalue weighted by Crippen LogP contribution is 2.30. The van der Waals surface area contributed by atoms with Gasteiger partial charge in [0.05, 0.1) is 18.4 Å². The number of hydrogen-bond donors (Lipinski definition) is 1. The van der Waals surface area contributed by atoms with Gasteiger partial charge in [-0.05, 0) is 24.5 Å². The Labute approximate surface area is 177 Å². The van der Waals surface area contributed by atoms with E-state index in [0.29, 0.717) is 37.2 Å². The van der Waals surface area contributed by atoms with E-state index in [1.165, 1.54) is 7.11 Å². The summed E-state index contributed by atoms with van der Waals surface area (Å²) in [6, 6.07) is 7.76. The number of nitrogens with one attached hydrogen (secondary N) is 1. The van der Waals surface area contributed by atoms with E-state index in [4.69, 9.17) is 44.3 Å². The average molecular weight is 446 g/mol. The van der Waals surface area contributed by atoms with Gasteiger partial charge in [-0.3, -0.25) is 0 Å². The number of alkyl halides is 3. The van der Waals surface area contributed by atoms with Crippen molar-refractivity contribution in [2.24, 2.45) is 0 Å². The zero-order valence-electron chi connectivity index (χ0n) is 15.1. The normalized spacial score (nSPS) is 17.0. The fourth-order valence-electron chi connectivity index (χ4n) is 3.23. The Balaban J connectivity index is 1.93. The highest BCUT2D eigenvalue weighted by atomic mass is 35.6. The van der Waals surface area contributed by atoms with Gasteiger partial charge in [-0.25, -0.2) is 9.59 Å². The first-order chi connectivity index (χ1) is 13.3. The van der Waals surface area contributed by atoms with Crippen LogP contribution in [-0.4, -0.2) is 52.5 Å². The number of rotatable bonds is 2. The van der Waals surface area contributed by atoms with Crippen molar-refractivity contribution in [3.05, 3.63) is 41.6 Å². The summed E-state index contributed by atoms with van der Waals surface area (Å²) >= 11 is 17.0. The number of benzene rings is 1. The molecule has 3 rings (SSSR count). The van der Waals surface area contributed by atoms with Crippen molar-refractivity contribution < 1.29 is 19.1 Å². The molecule has 0 unspecified atom stereocenters. The third-order valence-corrected chi connectivity index (χ3v) is 4.81. The molecule has 0 saturated heterocycles. The molecular formula is C19H19Cl3N2O4. The zero-order chi connectivity index (χ0) is 20.3. The van der Waals surface area contributed by atoms with E-state index >= 15 is 0 Å². The molecule has 1 aliphatic rings. The zero-order valence-corrected chi connectivity index (χ0v) is 17.4. The molecule has 2 aromatic rings. The van der Waals surface area contributed by atoms with E-state index in [2.05, 4.69) is 4.98 Å². The van der Waals surface area contributed by atoms with Gasteiger partial charge in [-0.1, -0.05) is 59.1 Å². The van der Waals surface area contributed by atoms with Crippen LogP contribution < -0.4 is 0 Å². The van der Waals surface area contributed by atoms with Gasteiger partial charge in [0.25, 0.3) is 0 Å². The maximum Gasteiger partial charge on any atom is 0.409 e. The van der Waals surface area contributed by atoms with Gasteiger partial charge in [0.2, 0.25) is 3.79 Å². The molecule has 6 nitrogen and oxygen atoms in total. The number of H-pyrrole nitrogens is 1. The molecule has 28 heavy (non-hydrogen) atoms. The number of aromatic nitrogens is 1. The summed E-state index contributed by atoms with van der Waals surface area (Å²) in [5.41, 5.74) is 3.01. The summed E-state index contributed by atoms with van der Waals surface area (Å²) in [6.45, 7) is 0.422. The first kappa shape index (κ1) is 20.8. The van der Waals surface area contributed by atoms with Gasteiger partial charge in [0.15, 0.2) is 0 Å². The van der Waals surface area contributed by atoms with Crippen molar-refractivity contribution >= 4 is 63.3 Å². The van der Waals surface area contributed by atoms with E-state index < -0.39 is 15.9 Å². The highest BCUT2D eigenvalue weighted by molar-refractivity contribution is 6.67. The number of hydrogen-bond acceptors (Lipinski definition) is 4. The number of aromatic amines is 1. The number of carbonyl (C=O) groups excluding carboxylic acids is 2. The monoisotopic (exact) mass is 444 g/mol. The quantitative estimate of drug-likeness (QED) is 0.546. The Morgan fingerprint density at radius 1 is 1.21 bits per heavy atom. The smallest absolute Gasteiger partial charge is 0.409 e. The number of halogens is 3. The van der Waals surface area contributed by atoms with Crippen LogP contribution in [0.25, 0.3) is 16.5 Å². The first-order valence-electron chi connectivity index (χ1n) is 8.67. The minimum absolute atomic E-state index is 0.339. The largest absolute Gasteiger partial charge is 0.465 e. The second kappa shape index (κ2) is 8.64. The molecule has 0 saturated carbocycles. The van der Waals surface area contributed by atoms with Crippen LogP contribution >= 0.6 is 34.8 Å². The highest BCUT2D eigenvalue weighted by Gasteiger charge is 2.27. The van der Waals surface area contributed by atoms with Gasteiger partial charge >= 0.3 is 12.1 Å². The van der Waals surface area contributed by atoms with Crippen LogP contribution in [0.2, 0.25) is 0 Å². The van der Waals surface area contributed by atoms with Crippen LogP contribution in [0, 0.1) is 0 Å². The number of methoxy groups -OCH3 is 1. The third-order valence-electron chi connectivity index (χ3n) is 4.48. The summed E-state index contributed by atoms with van der Waals surface area (Å²) in [5, 5.41) is 0.990. The lowest BCUT2D eigenvalue weighted by molar-refractivity contribution is -0.133. The Hall–Kier alpha value is -1.89. The number of fused-ring (bicyclic) bond motifs is 3. The minimum Gasteiger partial charge on any atom is -0.465 e. The summed E-state index contributed by atoms with van der Waals surface area (Å²) in [7, 11) is 1.35. The summed E-state index contributed by atoms with van der Waals surface area (Å²) in [6.07, 6.45) is 2.17. The molecule has 0 bridgehead atoms. The van der Waals surface area contributed by atoms with Crippen molar-refractivity contribution in [3.8, 4) is 0 Å². The predicted octanol–water partition coefficient (Wildman–Crippen LogP) is 4.48. The van der Waals surface area contributed by atoms with Crippen molar-refractivity contribution in [1.82, 2.24) is 9.88 Å². The Morgan fingerprint density at radius 2 is 1.96 bits per heavy atom. The average Bonchev–Trinajstić information content (AvgIpc) is 3.05. The molecule has 1 aromatic carbocycles. The molecule has 0 aliphatic carbocycles. The molecular weight excluding hydrogens is 427 g/mol. The second-order valence-corrected chi connectivity index (χ2v) is 8.85. The SMILES string of the molecule is COC(=O)/C1=C/CCN(C(=O)OCC(Cl)(Cl)Cl)CCc2c1[nH]c1ccccc21. The van der Waals surface area contributed by atoms with Crippen LogP contribution in [0.1, 0.15) is 17.7 Å². The topological polar surface area (TPSA) is 71.6 Å². The third kappa shape index (κ3) is 4.74.